The molecule has 3 N–H and O–H groups in total. The number of rotatable bonds is 4. The van der Waals surface area contributed by atoms with E-state index >= 15 is 0 Å². The van der Waals surface area contributed by atoms with E-state index in [1.807, 2.05) is 0 Å². The highest BCUT2D eigenvalue weighted by molar-refractivity contribution is 5.73. The van der Waals surface area contributed by atoms with Gasteiger partial charge >= 0.3 is 0 Å². The number of piperidine rings is 1. The number of likely N-dealkylation sites (tertiary alicyclic amines) is 1. The molecule has 1 aliphatic rings. The van der Waals surface area contributed by atoms with Gasteiger partial charge in [-0.2, -0.15) is 10.1 Å². The predicted molar refractivity (Wildman–Crippen MR) is 82.4 cm³/mol. The minimum Gasteiger partial charge on any atom is -0.352 e. The average Bonchev–Trinajstić information content (AvgIpc) is 2.90. The molecule has 7 heteroatoms. The summed E-state index contributed by atoms with van der Waals surface area (Å²) < 4.78 is 0. The van der Waals surface area contributed by atoms with Crippen molar-refractivity contribution in [2.24, 2.45) is 5.92 Å². The molecule has 1 atom stereocenters. The fourth-order valence-corrected chi connectivity index (χ4v) is 2.82. The van der Waals surface area contributed by atoms with Crippen molar-refractivity contribution in [2.75, 3.05) is 25.0 Å². The van der Waals surface area contributed by atoms with Gasteiger partial charge in [-0.1, -0.05) is 6.92 Å². The summed E-state index contributed by atoms with van der Waals surface area (Å²) in [7, 11) is 0. The molecule has 1 unspecified atom stereocenters. The molecule has 1 saturated heterocycles. The van der Waals surface area contributed by atoms with Crippen molar-refractivity contribution in [3.8, 4) is 0 Å². The van der Waals surface area contributed by atoms with E-state index in [-0.39, 0.29) is 11.6 Å². The monoisotopic (exact) mass is 290 g/mol. The van der Waals surface area contributed by atoms with E-state index in [9.17, 15) is 4.79 Å². The number of anilines is 1. The minimum absolute atomic E-state index is 0.171. The fraction of sp³-hybridized carbons (Fsp3) is 0.643. The van der Waals surface area contributed by atoms with Crippen LogP contribution in [0.25, 0.3) is 11.0 Å². The van der Waals surface area contributed by atoms with Crippen LogP contribution in [0.3, 0.4) is 0 Å². The molecule has 0 saturated carbocycles. The van der Waals surface area contributed by atoms with Crippen molar-refractivity contribution < 1.29 is 0 Å². The Morgan fingerprint density at radius 3 is 3.00 bits per heavy atom. The third-order valence-corrected chi connectivity index (χ3v) is 4.11. The van der Waals surface area contributed by atoms with Crippen LogP contribution in [-0.4, -0.2) is 50.7 Å². The van der Waals surface area contributed by atoms with Gasteiger partial charge in [0.15, 0.2) is 5.65 Å². The van der Waals surface area contributed by atoms with Crippen LogP contribution in [-0.2, 0) is 0 Å². The molecule has 0 amide bonds. The number of aromatic nitrogens is 4. The quantitative estimate of drug-likeness (QED) is 0.786. The van der Waals surface area contributed by atoms with Crippen LogP contribution >= 0.6 is 0 Å². The molecule has 3 rings (SSSR count). The predicted octanol–water partition coefficient (Wildman–Crippen LogP) is 1.18. The molecule has 1 fully saturated rings. The Bertz CT molecular complexity index is 655. The smallest absolute Gasteiger partial charge is 0.263 e. The second kappa shape index (κ2) is 5.85. The summed E-state index contributed by atoms with van der Waals surface area (Å²) in [4.78, 5) is 21.4. The van der Waals surface area contributed by atoms with Gasteiger partial charge in [0.25, 0.3) is 5.56 Å². The van der Waals surface area contributed by atoms with E-state index in [0.29, 0.717) is 17.0 Å². The van der Waals surface area contributed by atoms with E-state index in [1.165, 1.54) is 19.0 Å². The zero-order chi connectivity index (χ0) is 14.8. The van der Waals surface area contributed by atoms with Crippen LogP contribution in [0.2, 0.25) is 0 Å². The lowest BCUT2D eigenvalue weighted by Crippen LogP contribution is -2.40. The van der Waals surface area contributed by atoms with Gasteiger partial charge in [-0.25, -0.2) is 0 Å². The summed E-state index contributed by atoms with van der Waals surface area (Å²) in [5, 5.41) is 10.3. The SMILES string of the molecule is CC1CCN(CC(C)Nc2nc3[nH]ncc3c(=O)[nH]2)CC1. The second-order valence-electron chi connectivity index (χ2n) is 6.08. The number of hydrogen-bond donors (Lipinski definition) is 3. The average molecular weight is 290 g/mol. The third-order valence-electron chi connectivity index (χ3n) is 4.11. The van der Waals surface area contributed by atoms with Crippen LogP contribution < -0.4 is 10.9 Å². The molecule has 0 spiro atoms. The maximum atomic E-state index is 11.9. The molecule has 3 heterocycles. The summed E-state index contributed by atoms with van der Waals surface area (Å²) in [6, 6.07) is 0.224. The first-order valence-corrected chi connectivity index (χ1v) is 7.54. The minimum atomic E-state index is -0.171. The first-order valence-electron chi connectivity index (χ1n) is 7.54. The third kappa shape index (κ3) is 3.24. The number of H-pyrrole nitrogens is 2. The Morgan fingerprint density at radius 1 is 1.48 bits per heavy atom. The summed E-state index contributed by atoms with van der Waals surface area (Å²) in [5.41, 5.74) is 0.343. The molecule has 7 nitrogen and oxygen atoms in total. The Balaban J connectivity index is 1.63. The van der Waals surface area contributed by atoms with E-state index < -0.39 is 0 Å². The maximum absolute atomic E-state index is 11.9. The highest BCUT2D eigenvalue weighted by atomic mass is 16.1. The maximum Gasteiger partial charge on any atom is 0.263 e. The molecule has 21 heavy (non-hydrogen) atoms. The van der Waals surface area contributed by atoms with Gasteiger partial charge < -0.3 is 10.2 Å². The van der Waals surface area contributed by atoms with Gasteiger partial charge in [0.05, 0.1) is 6.20 Å². The van der Waals surface area contributed by atoms with E-state index in [2.05, 4.69) is 44.2 Å². The Hall–Kier alpha value is -1.89. The largest absolute Gasteiger partial charge is 0.352 e. The van der Waals surface area contributed by atoms with E-state index in [1.54, 1.807) is 0 Å². The normalized spacial score (nSPS) is 19.0. The van der Waals surface area contributed by atoms with Crippen LogP contribution in [0, 0.1) is 5.92 Å². The number of hydrogen-bond acceptors (Lipinski definition) is 5. The lowest BCUT2D eigenvalue weighted by molar-refractivity contribution is 0.188. The van der Waals surface area contributed by atoms with Crippen molar-refractivity contribution in [3.63, 3.8) is 0 Å². The van der Waals surface area contributed by atoms with Gasteiger partial charge in [-0.05, 0) is 38.8 Å². The number of nitrogens with one attached hydrogen (secondary N) is 3. The van der Waals surface area contributed by atoms with Crippen molar-refractivity contribution >= 4 is 17.0 Å². The Labute approximate surface area is 123 Å². The van der Waals surface area contributed by atoms with Crippen molar-refractivity contribution in [2.45, 2.75) is 32.7 Å². The first-order chi connectivity index (χ1) is 10.1. The Kier molecular flexibility index (Phi) is 3.92. The molecule has 0 aromatic carbocycles. The van der Waals surface area contributed by atoms with Gasteiger partial charge in [-0.15, -0.1) is 0 Å². The van der Waals surface area contributed by atoms with Crippen LogP contribution in [0.15, 0.2) is 11.0 Å². The molecule has 2 aromatic rings. The molecule has 114 valence electrons. The zero-order valence-electron chi connectivity index (χ0n) is 12.5. The van der Waals surface area contributed by atoms with Crippen molar-refractivity contribution in [1.82, 2.24) is 25.1 Å². The number of aromatic amines is 2. The molecular weight excluding hydrogens is 268 g/mol. The molecule has 0 bridgehead atoms. The summed E-state index contributed by atoms with van der Waals surface area (Å²) in [5.74, 6) is 1.33. The van der Waals surface area contributed by atoms with Crippen LogP contribution in [0.5, 0.6) is 0 Å². The van der Waals surface area contributed by atoms with Crippen LogP contribution in [0.1, 0.15) is 26.7 Å². The number of fused-ring (bicyclic) bond motifs is 1. The number of nitrogens with zero attached hydrogens (tertiary/aromatic N) is 3. The van der Waals surface area contributed by atoms with Gasteiger partial charge in [0, 0.05) is 12.6 Å². The zero-order valence-corrected chi connectivity index (χ0v) is 12.5. The Morgan fingerprint density at radius 2 is 2.24 bits per heavy atom. The molecular formula is C14H22N6O. The topological polar surface area (TPSA) is 89.7 Å². The highest BCUT2D eigenvalue weighted by Gasteiger charge is 2.18. The second-order valence-corrected chi connectivity index (χ2v) is 6.08. The fourth-order valence-electron chi connectivity index (χ4n) is 2.82. The van der Waals surface area contributed by atoms with Gasteiger partial charge in [0.1, 0.15) is 5.39 Å². The standard InChI is InChI=1S/C14H22N6O/c1-9-3-5-20(6-4-9)8-10(2)16-14-17-12-11(7-15-19-12)13(21)18-14/h7,9-10H,3-6,8H2,1-2H3,(H3,15,16,17,18,19,21). The van der Waals surface area contributed by atoms with Gasteiger partial charge in [0.2, 0.25) is 5.95 Å². The highest BCUT2D eigenvalue weighted by Crippen LogP contribution is 2.16. The summed E-state index contributed by atoms with van der Waals surface area (Å²) in [6.45, 7) is 7.67. The first kappa shape index (κ1) is 14.1. The van der Waals surface area contributed by atoms with E-state index in [0.717, 1.165) is 25.6 Å². The molecule has 1 aliphatic heterocycles. The summed E-state index contributed by atoms with van der Waals surface area (Å²) in [6.07, 6.45) is 4.02. The molecule has 2 aromatic heterocycles. The lowest BCUT2D eigenvalue weighted by Gasteiger charge is -2.32. The molecule has 0 radical (unpaired) electrons. The lowest BCUT2D eigenvalue weighted by atomic mass is 9.99. The van der Waals surface area contributed by atoms with E-state index in [4.69, 9.17) is 0 Å². The van der Waals surface area contributed by atoms with Crippen LogP contribution in [0.4, 0.5) is 5.95 Å². The summed E-state index contributed by atoms with van der Waals surface area (Å²) >= 11 is 0. The van der Waals surface area contributed by atoms with Gasteiger partial charge in [-0.3, -0.25) is 14.9 Å². The molecule has 0 aliphatic carbocycles. The van der Waals surface area contributed by atoms with Crippen molar-refractivity contribution in [3.05, 3.63) is 16.6 Å². The van der Waals surface area contributed by atoms with Crippen molar-refractivity contribution in [1.29, 1.82) is 0 Å².